The fourth-order valence-electron chi connectivity index (χ4n) is 2.42. The second-order valence-electron chi connectivity index (χ2n) is 5.65. The van der Waals surface area contributed by atoms with E-state index in [1.807, 2.05) is 18.2 Å². The van der Waals surface area contributed by atoms with Gasteiger partial charge in [-0.15, -0.1) is 0 Å². The van der Waals surface area contributed by atoms with Gasteiger partial charge in [0.15, 0.2) is 0 Å². The molecule has 3 aromatic rings. The summed E-state index contributed by atoms with van der Waals surface area (Å²) in [4.78, 5) is 16.5. The normalized spacial score (nSPS) is 10.4. The number of anilines is 1. The zero-order valence-electron chi connectivity index (χ0n) is 13.9. The number of halogens is 2. The van der Waals surface area contributed by atoms with Gasteiger partial charge in [0.25, 0.3) is 5.91 Å². The number of carbonyl (C=O) groups is 1. The van der Waals surface area contributed by atoms with Gasteiger partial charge in [-0.25, -0.2) is 9.37 Å². The third-order valence-electron chi connectivity index (χ3n) is 3.84. The SMILES string of the molecule is O=C(NCc1ccccc1Cl)c1ccnc(NCc2ccccc2F)c1. The summed E-state index contributed by atoms with van der Waals surface area (Å²) in [5, 5.41) is 6.46. The van der Waals surface area contributed by atoms with E-state index in [0.717, 1.165) is 5.56 Å². The molecule has 0 fully saturated rings. The van der Waals surface area contributed by atoms with Gasteiger partial charge in [0, 0.05) is 35.4 Å². The molecule has 0 aliphatic carbocycles. The molecule has 0 saturated carbocycles. The zero-order valence-corrected chi connectivity index (χ0v) is 14.6. The average Bonchev–Trinajstić information content (AvgIpc) is 2.67. The standard InChI is InChI=1S/C20H17ClFN3O/c21-17-7-3-1-5-15(17)12-25-20(26)14-9-10-23-19(11-14)24-13-16-6-2-4-8-18(16)22/h1-11H,12-13H2,(H,23,24)(H,25,26). The maximum absolute atomic E-state index is 13.7. The van der Waals surface area contributed by atoms with E-state index in [1.54, 1.807) is 36.4 Å². The lowest BCUT2D eigenvalue weighted by molar-refractivity contribution is 0.0951. The van der Waals surface area contributed by atoms with Crippen molar-refractivity contribution in [3.63, 3.8) is 0 Å². The number of rotatable bonds is 6. The van der Waals surface area contributed by atoms with E-state index in [1.165, 1.54) is 12.3 Å². The van der Waals surface area contributed by atoms with Gasteiger partial charge in [-0.3, -0.25) is 4.79 Å². The number of carbonyl (C=O) groups excluding carboxylic acids is 1. The van der Waals surface area contributed by atoms with Crippen LogP contribution in [0.25, 0.3) is 0 Å². The Balaban J connectivity index is 1.62. The minimum atomic E-state index is -0.284. The van der Waals surface area contributed by atoms with Crippen LogP contribution in [0.1, 0.15) is 21.5 Å². The van der Waals surface area contributed by atoms with Crippen LogP contribution in [0.4, 0.5) is 10.2 Å². The molecule has 4 nitrogen and oxygen atoms in total. The number of benzene rings is 2. The molecule has 0 radical (unpaired) electrons. The van der Waals surface area contributed by atoms with Gasteiger partial charge in [0.05, 0.1) is 0 Å². The number of aromatic nitrogens is 1. The van der Waals surface area contributed by atoms with Gasteiger partial charge in [-0.2, -0.15) is 0 Å². The average molecular weight is 370 g/mol. The second kappa shape index (κ2) is 8.45. The molecule has 0 unspecified atom stereocenters. The molecule has 2 N–H and O–H groups in total. The lowest BCUT2D eigenvalue weighted by Gasteiger charge is -2.09. The summed E-state index contributed by atoms with van der Waals surface area (Å²) in [5.74, 6) is -0.0199. The van der Waals surface area contributed by atoms with E-state index < -0.39 is 0 Å². The van der Waals surface area contributed by atoms with E-state index in [-0.39, 0.29) is 18.3 Å². The summed E-state index contributed by atoms with van der Waals surface area (Å²) in [6, 6.07) is 17.1. The van der Waals surface area contributed by atoms with Crippen molar-refractivity contribution in [2.24, 2.45) is 0 Å². The van der Waals surface area contributed by atoms with Crippen molar-refractivity contribution in [2.75, 3.05) is 5.32 Å². The molecule has 6 heteroatoms. The predicted molar refractivity (Wildman–Crippen MR) is 101 cm³/mol. The molecule has 132 valence electrons. The molecular formula is C20H17ClFN3O. The lowest BCUT2D eigenvalue weighted by atomic mass is 10.2. The fourth-order valence-corrected chi connectivity index (χ4v) is 2.62. The molecule has 26 heavy (non-hydrogen) atoms. The van der Waals surface area contributed by atoms with Crippen LogP contribution < -0.4 is 10.6 Å². The molecule has 0 atom stereocenters. The number of hydrogen-bond donors (Lipinski definition) is 2. The molecule has 0 saturated heterocycles. The Bertz CT molecular complexity index is 917. The van der Waals surface area contributed by atoms with Crippen molar-refractivity contribution in [3.05, 3.63) is 94.4 Å². The van der Waals surface area contributed by atoms with E-state index in [0.29, 0.717) is 28.5 Å². The summed E-state index contributed by atoms with van der Waals surface area (Å²) in [5.41, 5.74) is 1.83. The molecule has 0 aliphatic heterocycles. The number of hydrogen-bond acceptors (Lipinski definition) is 3. The fraction of sp³-hybridized carbons (Fsp3) is 0.100. The highest BCUT2D eigenvalue weighted by atomic mass is 35.5. The molecule has 0 bridgehead atoms. The van der Waals surface area contributed by atoms with Crippen LogP contribution in [-0.2, 0) is 13.1 Å². The van der Waals surface area contributed by atoms with Crippen molar-refractivity contribution >= 4 is 23.3 Å². The minimum absolute atomic E-state index is 0.235. The first-order chi connectivity index (χ1) is 12.6. The Morgan fingerprint density at radius 3 is 2.50 bits per heavy atom. The highest BCUT2D eigenvalue weighted by Gasteiger charge is 2.08. The summed E-state index contributed by atoms with van der Waals surface area (Å²) >= 11 is 6.09. The van der Waals surface area contributed by atoms with Crippen LogP contribution >= 0.6 is 11.6 Å². The largest absolute Gasteiger partial charge is 0.366 e. The predicted octanol–water partition coefficient (Wildman–Crippen LogP) is 4.42. The Morgan fingerprint density at radius 1 is 1.00 bits per heavy atom. The summed E-state index contributed by atoms with van der Waals surface area (Å²) in [7, 11) is 0. The first kappa shape index (κ1) is 17.9. The van der Waals surface area contributed by atoms with Gasteiger partial charge in [0.1, 0.15) is 11.6 Å². The number of amides is 1. The number of nitrogens with zero attached hydrogens (tertiary/aromatic N) is 1. The van der Waals surface area contributed by atoms with Gasteiger partial charge in [-0.05, 0) is 29.8 Å². The first-order valence-electron chi connectivity index (χ1n) is 8.08. The van der Waals surface area contributed by atoms with E-state index in [2.05, 4.69) is 15.6 Å². The van der Waals surface area contributed by atoms with Crippen molar-refractivity contribution in [1.82, 2.24) is 10.3 Å². The maximum atomic E-state index is 13.7. The maximum Gasteiger partial charge on any atom is 0.251 e. The molecule has 3 rings (SSSR count). The first-order valence-corrected chi connectivity index (χ1v) is 8.46. The van der Waals surface area contributed by atoms with Crippen LogP contribution in [-0.4, -0.2) is 10.9 Å². The molecule has 1 amide bonds. The smallest absolute Gasteiger partial charge is 0.251 e. The van der Waals surface area contributed by atoms with Crippen molar-refractivity contribution in [3.8, 4) is 0 Å². The third kappa shape index (κ3) is 4.58. The molecule has 0 spiro atoms. The van der Waals surface area contributed by atoms with E-state index in [9.17, 15) is 9.18 Å². The Kier molecular flexibility index (Phi) is 5.81. The Morgan fingerprint density at radius 2 is 1.73 bits per heavy atom. The highest BCUT2D eigenvalue weighted by Crippen LogP contribution is 2.15. The van der Waals surface area contributed by atoms with Crippen LogP contribution in [0.5, 0.6) is 0 Å². The van der Waals surface area contributed by atoms with Crippen molar-refractivity contribution < 1.29 is 9.18 Å². The Hall–Kier alpha value is -2.92. The zero-order chi connectivity index (χ0) is 18.4. The lowest BCUT2D eigenvalue weighted by Crippen LogP contribution is -2.23. The van der Waals surface area contributed by atoms with Crippen LogP contribution in [0, 0.1) is 5.82 Å². The van der Waals surface area contributed by atoms with Gasteiger partial charge in [-0.1, -0.05) is 48.0 Å². The van der Waals surface area contributed by atoms with Crippen molar-refractivity contribution in [2.45, 2.75) is 13.1 Å². The van der Waals surface area contributed by atoms with E-state index in [4.69, 9.17) is 11.6 Å². The molecule has 1 heterocycles. The second-order valence-corrected chi connectivity index (χ2v) is 6.06. The number of nitrogens with one attached hydrogen (secondary N) is 2. The molecule has 0 aliphatic rings. The van der Waals surface area contributed by atoms with Crippen molar-refractivity contribution in [1.29, 1.82) is 0 Å². The molecule has 1 aromatic heterocycles. The van der Waals surface area contributed by atoms with Gasteiger partial charge < -0.3 is 10.6 Å². The quantitative estimate of drug-likeness (QED) is 0.676. The summed E-state index contributed by atoms with van der Waals surface area (Å²) in [6.45, 7) is 0.614. The van der Waals surface area contributed by atoms with Gasteiger partial charge >= 0.3 is 0 Å². The monoisotopic (exact) mass is 369 g/mol. The molecular weight excluding hydrogens is 353 g/mol. The van der Waals surface area contributed by atoms with Crippen LogP contribution in [0.3, 0.4) is 0 Å². The van der Waals surface area contributed by atoms with Crippen LogP contribution in [0.15, 0.2) is 66.9 Å². The third-order valence-corrected chi connectivity index (χ3v) is 4.21. The number of pyridine rings is 1. The van der Waals surface area contributed by atoms with Gasteiger partial charge in [0.2, 0.25) is 0 Å². The van der Waals surface area contributed by atoms with E-state index >= 15 is 0 Å². The minimum Gasteiger partial charge on any atom is -0.366 e. The highest BCUT2D eigenvalue weighted by molar-refractivity contribution is 6.31. The summed E-state index contributed by atoms with van der Waals surface area (Å²) < 4.78 is 13.7. The van der Waals surface area contributed by atoms with Crippen LogP contribution in [0.2, 0.25) is 5.02 Å². The topological polar surface area (TPSA) is 54.0 Å². The Labute approximate surface area is 156 Å². The summed E-state index contributed by atoms with van der Waals surface area (Å²) in [6.07, 6.45) is 1.54. The molecule has 2 aromatic carbocycles.